The van der Waals surface area contributed by atoms with Gasteiger partial charge < -0.3 is 0 Å². The van der Waals surface area contributed by atoms with Gasteiger partial charge in [-0.25, -0.2) is 0 Å². The second kappa shape index (κ2) is 5.98. The molecule has 0 saturated heterocycles. The molecule has 2 fully saturated rings. The number of aliphatic hydroxyl groups is 1. The Morgan fingerprint density at radius 1 is 1.39 bits per heavy atom. The quantitative estimate of drug-likeness (QED) is 0.471. The van der Waals surface area contributed by atoms with Crippen LogP contribution in [0.5, 0.6) is 0 Å². The summed E-state index contributed by atoms with van der Waals surface area (Å²) in [5.74, 6) is 0.578. The van der Waals surface area contributed by atoms with Crippen molar-refractivity contribution in [3.8, 4) is 0 Å². The predicted octanol–water partition coefficient (Wildman–Crippen LogP) is -1.16. The summed E-state index contributed by atoms with van der Waals surface area (Å²) in [5.41, 5.74) is 0. The third-order valence-corrected chi connectivity index (χ3v) is 7.34. The van der Waals surface area contributed by atoms with E-state index in [1.807, 2.05) is 0 Å². The van der Waals surface area contributed by atoms with Crippen molar-refractivity contribution < 1.29 is 43.4 Å². The average molecular weight is 375 g/mol. The van der Waals surface area contributed by atoms with Gasteiger partial charge in [-0.05, 0) is 0 Å². The zero-order chi connectivity index (χ0) is 13.3. The zero-order valence-electron chi connectivity index (χ0n) is 10.2. The van der Waals surface area contributed by atoms with Crippen LogP contribution >= 0.6 is 0 Å². The number of aliphatic hydroxyl groups excluding tert-OH is 1. The molecule has 0 amide bonds. The maximum absolute atomic E-state index is 12.1. The van der Waals surface area contributed by atoms with Gasteiger partial charge in [0.2, 0.25) is 0 Å². The molecule has 3 unspecified atom stereocenters. The van der Waals surface area contributed by atoms with E-state index in [2.05, 4.69) is 6.92 Å². The summed E-state index contributed by atoms with van der Waals surface area (Å²) in [7, 11) is 0. The number of alkyl halides is 3. The van der Waals surface area contributed by atoms with Crippen molar-refractivity contribution in [1.82, 2.24) is 0 Å². The summed E-state index contributed by atoms with van der Waals surface area (Å²) in [5, 5.41) is 9.07. The van der Waals surface area contributed by atoms with Gasteiger partial charge >= 0.3 is 116 Å². The van der Waals surface area contributed by atoms with Crippen molar-refractivity contribution in [3.05, 3.63) is 0 Å². The van der Waals surface area contributed by atoms with Gasteiger partial charge in [-0.2, -0.15) is 0 Å². The van der Waals surface area contributed by atoms with Crippen LogP contribution in [-0.4, -0.2) is 28.0 Å². The van der Waals surface area contributed by atoms with Gasteiger partial charge in [0.15, 0.2) is 0 Å². The van der Waals surface area contributed by atoms with Crippen LogP contribution in [0.25, 0.3) is 0 Å². The van der Waals surface area contributed by atoms with Crippen LogP contribution in [0, 0.1) is 23.7 Å². The molecular formula is C12H18F2IO3-. The minimum absolute atomic E-state index is 0.222. The fourth-order valence-electron chi connectivity index (χ4n) is 2.84. The molecule has 6 heteroatoms. The molecule has 2 saturated carbocycles. The van der Waals surface area contributed by atoms with E-state index in [1.165, 1.54) is 0 Å². The molecule has 0 aliphatic heterocycles. The van der Waals surface area contributed by atoms with Crippen LogP contribution in [0.3, 0.4) is 0 Å². The summed E-state index contributed by atoms with van der Waals surface area (Å²) in [6.07, 6.45) is 0.160. The summed E-state index contributed by atoms with van der Waals surface area (Å²) in [6.45, 7) is 2.31. The molecule has 2 aliphatic rings. The number of carbonyl (C=O) groups is 1. The fourth-order valence-corrected chi connectivity index (χ4v) is 6.00. The Hall–Kier alpha value is 0.0200. The van der Waals surface area contributed by atoms with Gasteiger partial charge in [0, 0.05) is 0 Å². The van der Waals surface area contributed by atoms with Crippen LogP contribution in [0.4, 0.5) is 8.78 Å². The van der Waals surface area contributed by atoms with Gasteiger partial charge in [-0.1, -0.05) is 0 Å². The molecule has 2 aliphatic carbocycles. The van der Waals surface area contributed by atoms with E-state index in [0.717, 1.165) is 19.3 Å². The summed E-state index contributed by atoms with van der Waals surface area (Å²) in [4.78, 5) is 10.8. The molecule has 0 spiro atoms. The topological polar surface area (TPSA) is 46.5 Å². The van der Waals surface area contributed by atoms with Crippen molar-refractivity contribution in [3.63, 3.8) is 0 Å². The SMILES string of the molecule is CCC1CC([C@H]2CC2CO)[C@@H]1[I-]OC(=O)C(F)F. The second-order valence-corrected chi connectivity index (χ2v) is 7.53. The third-order valence-electron chi connectivity index (χ3n) is 4.12. The molecule has 106 valence electrons. The van der Waals surface area contributed by atoms with Crippen LogP contribution in [-0.2, 0) is 7.86 Å². The fraction of sp³-hybridized carbons (Fsp3) is 0.917. The van der Waals surface area contributed by atoms with E-state index in [0.29, 0.717) is 27.6 Å². The Labute approximate surface area is 116 Å². The molecule has 0 aromatic rings. The molecule has 3 nitrogen and oxygen atoms in total. The van der Waals surface area contributed by atoms with Crippen molar-refractivity contribution >= 4 is 5.97 Å². The monoisotopic (exact) mass is 375 g/mol. The first-order valence-electron chi connectivity index (χ1n) is 6.31. The Kier molecular flexibility index (Phi) is 4.80. The Morgan fingerprint density at radius 2 is 2.06 bits per heavy atom. The molecule has 0 bridgehead atoms. The summed E-state index contributed by atoms with van der Waals surface area (Å²) >= 11 is -0.941. The molecule has 18 heavy (non-hydrogen) atoms. The average Bonchev–Trinajstić information content (AvgIpc) is 3.07. The van der Waals surface area contributed by atoms with Crippen LogP contribution in [0.2, 0.25) is 0 Å². The van der Waals surface area contributed by atoms with Crippen molar-refractivity contribution in [1.29, 1.82) is 0 Å². The molecule has 0 radical (unpaired) electrons. The first-order chi connectivity index (χ1) is 8.58. The van der Waals surface area contributed by atoms with E-state index in [9.17, 15) is 13.6 Å². The number of hydrogen-bond acceptors (Lipinski definition) is 3. The van der Waals surface area contributed by atoms with Crippen molar-refractivity contribution in [2.24, 2.45) is 23.7 Å². The Bertz CT molecular complexity index is 314. The van der Waals surface area contributed by atoms with Crippen molar-refractivity contribution in [2.45, 2.75) is 36.5 Å². The first kappa shape index (κ1) is 14.4. The molecule has 2 rings (SSSR count). The van der Waals surface area contributed by atoms with Gasteiger partial charge in [-0.3, -0.25) is 0 Å². The zero-order valence-corrected chi connectivity index (χ0v) is 12.3. The van der Waals surface area contributed by atoms with Crippen LogP contribution < -0.4 is 21.6 Å². The number of carbonyl (C=O) groups excluding carboxylic acids is 1. The van der Waals surface area contributed by atoms with Crippen LogP contribution in [0.1, 0.15) is 26.2 Å². The molecule has 0 aromatic carbocycles. The number of hydrogen-bond donors (Lipinski definition) is 1. The summed E-state index contributed by atoms with van der Waals surface area (Å²) < 4.78 is 29.2. The van der Waals surface area contributed by atoms with E-state index >= 15 is 0 Å². The second-order valence-electron chi connectivity index (χ2n) is 5.14. The van der Waals surface area contributed by atoms with E-state index < -0.39 is 34.0 Å². The van der Waals surface area contributed by atoms with Gasteiger partial charge in [0.25, 0.3) is 0 Å². The first-order valence-corrected chi connectivity index (χ1v) is 8.44. The molecule has 1 N–H and O–H groups in total. The Morgan fingerprint density at radius 3 is 2.56 bits per heavy atom. The maximum atomic E-state index is 12.1. The van der Waals surface area contributed by atoms with Crippen molar-refractivity contribution in [2.75, 3.05) is 6.61 Å². The number of rotatable bonds is 6. The molecule has 0 heterocycles. The predicted molar refractivity (Wildman–Crippen MR) is 56.5 cm³/mol. The third kappa shape index (κ3) is 2.95. The normalized spacial score (nSPS) is 38.6. The standard InChI is InChI=1S/C12H18F2IO3/c1-2-6-3-9(8-4-7(8)5-16)10(6)15-18-12(17)11(13)14/h6-11,16H,2-5H2,1H3/q-1/t6?,7?,8-,9?,10+/m0/s1. The van der Waals surface area contributed by atoms with E-state index in [4.69, 9.17) is 8.17 Å². The summed E-state index contributed by atoms with van der Waals surface area (Å²) in [6, 6.07) is 0. The Balaban J connectivity index is 1.81. The van der Waals surface area contributed by atoms with E-state index in [1.54, 1.807) is 0 Å². The minimum atomic E-state index is -3.01. The number of halogens is 3. The van der Waals surface area contributed by atoms with Gasteiger partial charge in [0.1, 0.15) is 0 Å². The molecule has 5 atom stereocenters. The molecule has 0 aromatic heterocycles. The van der Waals surface area contributed by atoms with Gasteiger partial charge in [-0.15, -0.1) is 0 Å². The van der Waals surface area contributed by atoms with Gasteiger partial charge in [0.05, 0.1) is 0 Å². The molecular weight excluding hydrogens is 357 g/mol. The van der Waals surface area contributed by atoms with Crippen LogP contribution in [0.15, 0.2) is 0 Å². The van der Waals surface area contributed by atoms with E-state index in [-0.39, 0.29) is 6.61 Å².